The van der Waals surface area contributed by atoms with Gasteiger partial charge in [-0.1, -0.05) is 19.1 Å². The van der Waals surface area contributed by atoms with E-state index in [-0.39, 0.29) is 0 Å². The fraction of sp³-hybridized carbons (Fsp3) is 0.250. The fourth-order valence-corrected chi connectivity index (χ4v) is 3.36. The molecule has 0 spiro atoms. The van der Waals surface area contributed by atoms with E-state index in [4.69, 9.17) is 0 Å². The molecule has 28 heavy (non-hydrogen) atoms. The van der Waals surface area contributed by atoms with E-state index in [9.17, 15) is 0 Å². The molecule has 4 rings (SSSR count). The van der Waals surface area contributed by atoms with Gasteiger partial charge in [0.15, 0.2) is 5.51 Å². The minimum Gasteiger partial charge on any atom is -0.336 e. The summed E-state index contributed by atoms with van der Waals surface area (Å²) in [5.41, 5.74) is 7.24. The van der Waals surface area contributed by atoms with E-state index in [0.717, 1.165) is 48.8 Å². The highest BCUT2D eigenvalue weighted by molar-refractivity contribution is 7.07. The van der Waals surface area contributed by atoms with Crippen LogP contribution in [-0.4, -0.2) is 36.3 Å². The Kier molecular flexibility index (Phi) is 5.67. The molecule has 0 bridgehead atoms. The van der Waals surface area contributed by atoms with Crippen LogP contribution in [0.4, 0.5) is 5.95 Å². The number of rotatable bonds is 8. The summed E-state index contributed by atoms with van der Waals surface area (Å²) >= 11 is 1.50. The predicted molar refractivity (Wildman–Crippen MR) is 108 cm³/mol. The lowest BCUT2D eigenvalue weighted by molar-refractivity contribution is 0.742. The van der Waals surface area contributed by atoms with Crippen molar-refractivity contribution in [1.29, 1.82) is 0 Å². The van der Waals surface area contributed by atoms with Crippen molar-refractivity contribution in [2.45, 2.75) is 26.3 Å². The maximum absolute atomic E-state index is 4.57. The molecule has 4 aromatic rings. The van der Waals surface area contributed by atoms with E-state index in [1.54, 1.807) is 11.0 Å². The third kappa shape index (κ3) is 4.40. The van der Waals surface area contributed by atoms with Gasteiger partial charge in [0.05, 0.1) is 11.4 Å². The zero-order chi connectivity index (χ0) is 19.2. The molecule has 0 fully saturated rings. The summed E-state index contributed by atoms with van der Waals surface area (Å²) in [5.74, 6) is 0.733. The van der Waals surface area contributed by atoms with Gasteiger partial charge in [0.2, 0.25) is 5.95 Å². The molecule has 0 saturated carbocycles. The molecule has 0 unspecified atom stereocenters. The van der Waals surface area contributed by atoms with Crippen LogP contribution in [0, 0.1) is 5.51 Å². The maximum Gasteiger partial charge on any atom is 0.225 e. The Hall–Kier alpha value is -3.13. The average Bonchev–Trinajstić information content (AvgIpc) is 3.46. The predicted octanol–water partition coefficient (Wildman–Crippen LogP) is 3.13. The van der Waals surface area contributed by atoms with E-state index >= 15 is 0 Å². The van der Waals surface area contributed by atoms with Crippen molar-refractivity contribution in [1.82, 2.24) is 29.7 Å². The topological polar surface area (TPSA) is 72.6 Å². The third-order valence-electron chi connectivity index (χ3n) is 4.45. The van der Waals surface area contributed by atoms with Crippen molar-refractivity contribution in [3.63, 3.8) is 0 Å². The second-order valence-corrected chi connectivity index (χ2v) is 7.01. The molecule has 0 atom stereocenters. The molecule has 0 aliphatic heterocycles. The number of benzene rings is 1. The lowest BCUT2D eigenvalue weighted by Gasteiger charge is -2.22. The molecule has 141 valence electrons. The number of nitrogens with zero attached hydrogens (tertiary/aromatic N) is 7. The molecule has 0 amide bonds. The molecule has 0 aliphatic carbocycles. The van der Waals surface area contributed by atoms with Gasteiger partial charge in [0.1, 0.15) is 12.7 Å². The van der Waals surface area contributed by atoms with Crippen LogP contribution >= 0.6 is 11.3 Å². The largest absolute Gasteiger partial charge is 0.336 e. The van der Waals surface area contributed by atoms with Gasteiger partial charge in [-0.25, -0.2) is 24.6 Å². The normalized spacial score (nSPS) is 10.9. The Labute approximate surface area is 167 Å². The zero-order valence-corrected chi connectivity index (χ0v) is 16.4. The van der Waals surface area contributed by atoms with Crippen LogP contribution < -0.4 is 4.90 Å². The summed E-state index contributed by atoms with van der Waals surface area (Å²) < 4.78 is 1.74. The lowest BCUT2D eigenvalue weighted by atomic mass is 10.2. The Morgan fingerprint density at radius 1 is 1.11 bits per heavy atom. The van der Waals surface area contributed by atoms with E-state index in [1.807, 2.05) is 29.9 Å². The summed E-state index contributed by atoms with van der Waals surface area (Å²) in [5, 5.41) is 6.20. The van der Waals surface area contributed by atoms with Gasteiger partial charge >= 0.3 is 0 Å². The van der Waals surface area contributed by atoms with Crippen molar-refractivity contribution in [2.75, 3.05) is 11.4 Å². The first-order valence-corrected chi connectivity index (χ1v) is 10.00. The summed E-state index contributed by atoms with van der Waals surface area (Å²) in [7, 11) is 0. The van der Waals surface area contributed by atoms with Crippen molar-refractivity contribution in [3.05, 3.63) is 77.0 Å². The molecule has 1 radical (unpaired) electrons. The highest BCUT2D eigenvalue weighted by Gasteiger charge is 2.12. The summed E-state index contributed by atoms with van der Waals surface area (Å²) in [6, 6.07) is 8.28. The van der Waals surface area contributed by atoms with Crippen molar-refractivity contribution >= 4 is 17.3 Å². The first kappa shape index (κ1) is 18.2. The number of hydrogen-bond donors (Lipinski definition) is 0. The van der Waals surface area contributed by atoms with E-state index < -0.39 is 0 Å². The Morgan fingerprint density at radius 3 is 2.57 bits per heavy atom. The molecule has 0 saturated heterocycles. The smallest absolute Gasteiger partial charge is 0.225 e. The molecule has 0 aliphatic rings. The van der Waals surface area contributed by atoms with Crippen LogP contribution in [0.15, 0.2) is 54.7 Å². The van der Waals surface area contributed by atoms with Crippen molar-refractivity contribution in [2.24, 2.45) is 0 Å². The fourth-order valence-electron chi connectivity index (χ4n) is 2.83. The highest BCUT2D eigenvalue weighted by Crippen LogP contribution is 2.16. The quantitative estimate of drug-likeness (QED) is 0.460. The molecule has 7 nitrogen and oxygen atoms in total. The molecule has 0 N–H and O–H groups in total. The Morgan fingerprint density at radius 2 is 1.93 bits per heavy atom. The monoisotopic (exact) mass is 390 g/mol. The van der Waals surface area contributed by atoms with Gasteiger partial charge in [-0.05, 0) is 29.7 Å². The van der Waals surface area contributed by atoms with Crippen LogP contribution in [0.3, 0.4) is 0 Å². The molecule has 3 heterocycles. The second kappa shape index (κ2) is 8.71. The van der Waals surface area contributed by atoms with Gasteiger partial charge in [0, 0.05) is 37.3 Å². The van der Waals surface area contributed by atoms with Gasteiger partial charge in [-0.2, -0.15) is 5.10 Å². The van der Waals surface area contributed by atoms with Crippen LogP contribution in [0.5, 0.6) is 0 Å². The second-order valence-electron chi connectivity index (χ2n) is 6.35. The molecule has 8 heteroatoms. The number of hydrogen-bond acceptors (Lipinski definition) is 7. The van der Waals surface area contributed by atoms with Crippen LogP contribution in [0.2, 0.25) is 0 Å². The Balaban J connectivity index is 1.51. The number of anilines is 1. The van der Waals surface area contributed by atoms with E-state index in [2.05, 4.69) is 54.5 Å². The maximum atomic E-state index is 4.57. The van der Waals surface area contributed by atoms with E-state index in [0.29, 0.717) is 0 Å². The molecule has 1 aromatic carbocycles. The standard InChI is InChI=1S/C20H20N7S/c1-2-16-9-22-20(23-10-16)26(8-7-18-12-28-15-24-18)11-17-3-5-19(6-4-17)27-14-21-13-25-27/h3-6,9-10,12-14H,2,7-8,11H2,1H3. The van der Waals surface area contributed by atoms with E-state index in [1.165, 1.54) is 23.2 Å². The SMILES string of the molecule is CCc1cnc(N(CCc2cs[c]n2)Cc2ccc(-n3cncn3)cc2)nc1. The average molecular weight is 390 g/mol. The lowest BCUT2D eigenvalue weighted by Crippen LogP contribution is -2.27. The van der Waals surface area contributed by atoms with Gasteiger partial charge in [0.25, 0.3) is 0 Å². The first-order valence-electron chi connectivity index (χ1n) is 9.12. The zero-order valence-electron chi connectivity index (χ0n) is 15.6. The number of thiazole rings is 1. The van der Waals surface area contributed by atoms with Crippen LogP contribution in [0.1, 0.15) is 23.7 Å². The summed E-state index contributed by atoms with van der Waals surface area (Å²) in [6.45, 7) is 3.61. The van der Waals surface area contributed by atoms with Gasteiger partial charge < -0.3 is 4.90 Å². The van der Waals surface area contributed by atoms with Crippen LogP contribution in [0.25, 0.3) is 5.69 Å². The highest BCUT2D eigenvalue weighted by atomic mass is 32.1. The van der Waals surface area contributed by atoms with Gasteiger partial charge in [-0.15, -0.1) is 11.3 Å². The van der Waals surface area contributed by atoms with Crippen molar-refractivity contribution < 1.29 is 0 Å². The Bertz CT molecular complexity index is 965. The van der Waals surface area contributed by atoms with Crippen LogP contribution in [-0.2, 0) is 19.4 Å². The molecule has 3 aromatic heterocycles. The summed E-state index contributed by atoms with van der Waals surface area (Å²) in [4.78, 5) is 19.6. The summed E-state index contributed by atoms with van der Waals surface area (Å²) in [6.07, 6.45) is 8.78. The molecular formula is C20H20N7S. The molecular weight excluding hydrogens is 370 g/mol. The number of aryl methyl sites for hydroxylation is 1. The third-order valence-corrected chi connectivity index (χ3v) is 5.04. The minimum absolute atomic E-state index is 0.719. The number of aromatic nitrogens is 6. The van der Waals surface area contributed by atoms with Gasteiger partial charge in [-0.3, -0.25) is 0 Å². The minimum atomic E-state index is 0.719. The first-order chi connectivity index (χ1) is 13.8. The van der Waals surface area contributed by atoms with Crippen molar-refractivity contribution in [3.8, 4) is 5.69 Å².